The number of hydrogen-bond donors (Lipinski definition) is 1. The Hall–Kier alpha value is -2.09. The molecule has 0 spiro atoms. The van der Waals surface area contributed by atoms with E-state index >= 15 is 0 Å². The van der Waals surface area contributed by atoms with Gasteiger partial charge < -0.3 is 19.6 Å². The molecule has 2 aliphatic heterocycles. The molecule has 2 aliphatic rings. The fourth-order valence-electron chi connectivity index (χ4n) is 3.32. The number of rotatable bonds is 5. The van der Waals surface area contributed by atoms with Gasteiger partial charge in [-0.05, 0) is 50.9 Å². The van der Waals surface area contributed by atoms with Gasteiger partial charge in [0.05, 0.1) is 24.3 Å². The van der Waals surface area contributed by atoms with Crippen molar-refractivity contribution >= 4 is 23.4 Å². The topological polar surface area (TPSA) is 89.7 Å². The first kappa shape index (κ1) is 24.2. The van der Waals surface area contributed by atoms with Crippen molar-refractivity contribution in [2.45, 2.75) is 38.0 Å². The standard InChI is InChI=1S/C17H23ClN4O.C2HF3O2/c18-16-11-14(13-19)12-17(20-16)22-7-3-15(4-8-22)23-10-9-21-5-1-2-6-21;3-2(4,5)1(6)7/h11-12,15H,1-10H2;(H,6,7). The lowest BCUT2D eigenvalue weighted by Crippen LogP contribution is -2.38. The summed E-state index contributed by atoms with van der Waals surface area (Å²) in [4.78, 5) is 17.9. The van der Waals surface area contributed by atoms with E-state index in [1.807, 2.05) is 0 Å². The monoisotopic (exact) mass is 448 g/mol. The first-order valence-corrected chi connectivity index (χ1v) is 10.0. The average Bonchev–Trinajstić information content (AvgIpc) is 3.21. The average molecular weight is 449 g/mol. The maximum absolute atomic E-state index is 10.6. The molecule has 0 aromatic carbocycles. The van der Waals surface area contributed by atoms with Gasteiger partial charge in [-0.2, -0.15) is 18.4 Å². The van der Waals surface area contributed by atoms with Crippen molar-refractivity contribution < 1.29 is 27.8 Å². The number of ether oxygens (including phenoxy) is 1. The van der Waals surface area contributed by atoms with E-state index in [0.717, 1.165) is 44.9 Å². The zero-order valence-electron chi connectivity index (χ0n) is 16.4. The third kappa shape index (κ3) is 7.97. The minimum absolute atomic E-state index is 0.337. The maximum atomic E-state index is 10.6. The predicted molar refractivity (Wildman–Crippen MR) is 105 cm³/mol. The summed E-state index contributed by atoms with van der Waals surface area (Å²) in [5.41, 5.74) is 0.559. The van der Waals surface area contributed by atoms with Gasteiger partial charge in [0.25, 0.3) is 0 Å². The molecule has 30 heavy (non-hydrogen) atoms. The van der Waals surface area contributed by atoms with Crippen molar-refractivity contribution in [2.24, 2.45) is 0 Å². The zero-order valence-corrected chi connectivity index (χ0v) is 17.1. The summed E-state index contributed by atoms with van der Waals surface area (Å²) in [6, 6.07) is 5.53. The second kappa shape index (κ2) is 11.3. The van der Waals surface area contributed by atoms with Gasteiger partial charge in [0.1, 0.15) is 11.0 Å². The molecule has 3 heterocycles. The number of hydrogen-bond acceptors (Lipinski definition) is 6. The molecule has 0 radical (unpaired) electrons. The molecule has 1 N–H and O–H groups in total. The summed E-state index contributed by atoms with van der Waals surface area (Å²) < 4.78 is 37.8. The van der Waals surface area contributed by atoms with Crippen molar-refractivity contribution in [3.8, 4) is 6.07 Å². The summed E-state index contributed by atoms with van der Waals surface area (Å²) in [7, 11) is 0. The van der Waals surface area contributed by atoms with Crippen LogP contribution in [-0.4, -0.2) is 72.6 Å². The Labute approximate surface area is 178 Å². The van der Waals surface area contributed by atoms with Crippen LogP contribution in [0.5, 0.6) is 0 Å². The third-order valence-electron chi connectivity index (χ3n) is 4.88. The van der Waals surface area contributed by atoms with Gasteiger partial charge >= 0.3 is 12.1 Å². The summed E-state index contributed by atoms with van der Waals surface area (Å²) in [5.74, 6) is -1.96. The van der Waals surface area contributed by atoms with Gasteiger partial charge in [0.15, 0.2) is 0 Å². The summed E-state index contributed by atoms with van der Waals surface area (Å²) in [6.45, 7) is 6.13. The van der Waals surface area contributed by atoms with Crippen LogP contribution in [0.3, 0.4) is 0 Å². The highest BCUT2D eigenvalue weighted by Crippen LogP contribution is 2.23. The number of aromatic nitrogens is 1. The van der Waals surface area contributed by atoms with Crippen molar-refractivity contribution in [3.05, 3.63) is 22.8 Å². The van der Waals surface area contributed by atoms with Gasteiger partial charge in [-0.1, -0.05) is 11.6 Å². The summed E-state index contributed by atoms with van der Waals surface area (Å²) in [5, 5.41) is 16.5. The highest BCUT2D eigenvalue weighted by Gasteiger charge is 2.38. The fraction of sp³-hybridized carbons (Fsp3) is 0.632. The molecule has 2 fully saturated rings. The molecular formula is C19H24ClF3N4O3. The zero-order chi connectivity index (χ0) is 22.1. The van der Waals surface area contributed by atoms with Crippen LogP contribution >= 0.6 is 11.6 Å². The van der Waals surface area contributed by atoms with Crippen LogP contribution in [0.15, 0.2) is 12.1 Å². The Balaban J connectivity index is 0.000000396. The van der Waals surface area contributed by atoms with Crippen LogP contribution in [0.2, 0.25) is 5.15 Å². The normalized spacial score (nSPS) is 17.9. The molecule has 0 aliphatic carbocycles. The number of carboxylic acid groups (broad SMARTS) is 1. The first-order valence-electron chi connectivity index (χ1n) is 9.65. The molecule has 2 saturated heterocycles. The van der Waals surface area contributed by atoms with Crippen LogP contribution in [0.1, 0.15) is 31.2 Å². The quantitative estimate of drug-likeness (QED) is 0.691. The van der Waals surface area contributed by atoms with E-state index in [2.05, 4.69) is 20.9 Å². The van der Waals surface area contributed by atoms with Crippen molar-refractivity contribution in [3.63, 3.8) is 0 Å². The Bertz CT molecular complexity index is 744. The largest absolute Gasteiger partial charge is 0.490 e. The number of carbonyl (C=O) groups is 1. The molecule has 7 nitrogen and oxygen atoms in total. The highest BCUT2D eigenvalue weighted by molar-refractivity contribution is 6.29. The fourth-order valence-corrected chi connectivity index (χ4v) is 3.52. The van der Waals surface area contributed by atoms with Crippen LogP contribution in [0.25, 0.3) is 0 Å². The molecule has 0 unspecified atom stereocenters. The SMILES string of the molecule is N#Cc1cc(Cl)nc(N2CCC(OCCN3CCCC3)CC2)c1.O=C(O)C(F)(F)F. The Morgan fingerprint density at radius 1 is 1.27 bits per heavy atom. The molecule has 0 bridgehead atoms. The number of pyridine rings is 1. The highest BCUT2D eigenvalue weighted by atomic mass is 35.5. The molecule has 0 saturated carbocycles. The number of aliphatic carboxylic acids is 1. The molecule has 3 rings (SSSR count). The van der Waals surface area contributed by atoms with E-state index in [-0.39, 0.29) is 0 Å². The van der Waals surface area contributed by atoms with Crippen molar-refractivity contribution in [1.29, 1.82) is 5.26 Å². The minimum Gasteiger partial charge on any atom is -0.475 e. The van der Waals surface area contributed by atoms with E-state index in [9.17, 15) is 13.2 Å². The number of nitrogens with zero attached hydrogens (tertiary/aromatic N) is 4. The summed E-state index contributed by atoms with van der Waals surface area (Å²) >= 11 is 5.99. The number of alkyl halides is 3. The number of piperidine rings is 1. The molecule has 0 atom stereocenters. The predicted octanol–water partition coefficient (Wildman–Crippen LogP) is 3.32. The molecular weight excluding hydrogens is 425 g/mol. The number of likely N-dealkylation sites (tertiary alicyclic amines) is 1. The van der Waals surface area contributed by atoms with Gasteiger partial charge in [0.2, 0.25) is 0 Å². The van der Waals surface area contributed by atoms with Crippen LogP contribution in [0.4, 0.5) is 19.0 Å². The lowest BCUT2D eigenvalue weighted by Gasteiger charge is -2.33. The Morgan fingerprint density at radius 3 is 2.40 bits per heavy atom. The van der Waals surface area contributed by atoms with Gasteiger partial charge in [-0.3, -0.25) is 0 Å². The van der Waals surface area contributed by atoms with E-state index in [1.165, 1.54) is 25.9 Å². The van der Waals surface area contributed by atoms with Gasteiger partial charge in [-0.25, -0.2) is 9.78 Å². The van der Waals surface area contributed by atoms with Crippen LogP contribution < -0.4 is 4.90 Å². The Morgan fingerprint density at radius 2 is 1.87 bits per heavy atom. The summed E-state index contributed by atoms with van der Waals surface area (Å²) in [6.07, 6.45) is -0.0964. The lowest BCUT2D eigenvalue weighted by atomic mass is 10.1. The van der Waals surface area contributed by atoms with E-state index in [0.29, 0.717) is 16.8 Å². The van der Waals surface area contributed by atoms with Crippen LogP contribution in [0, 0.1) is 11.3 Å². The van der Waals surface area contributed by atoms with Crippen molar-refractivity contribution in [1.82, 2.24) is 9.88 Å². The number of halogens is 4. The second-order valence-corrected chi connectivity index (χ2v) is 7.44. The second-order valence-electron chi connectivity index (χ2n) is 7.06. The van der Waals surface area contributed by atoms with Crippen molar-refractivity contribution in [2.75, 3.05) is 44.2 Å². The minimum atomic E-state index is -5.08. The number of nitriles is 1. The van der Waals surface area contributed by atoms with Crippen LogP contribution in [-0.2, 0) is 9.53 Å². The number of anilines is 1. The van der Waals surface area contributed by atoms with E-state index in [4.69, 9.17) is 31.5 Å². The first-order chi connectivity index (χ1) is 14.2. The van der Waals surface area contributed by atoms with Gasteiger partial charge in [0, 0.05) is 19.6 Å². The Kier molecular flexibility index (Phi) is 9.14. The lowest BCUT2D eigenvalue weighted by molar-refractivity contribution is -0.192. The van der Waals surface area contributed by atoms with E-state index < -0.39 is 12.1 Å². The number of carboxylic acids is 1. The molecule has 1 aromatic rings. The molecule has 1 aromatic heterocycles. The molecule has 0 amide bonds. The molecule has 11 heteroatoms. The smallest absolute Gasteiger partial charge is 0.475 e. The molecule has 166 valence electrons. The third-order valence-corrected chi connectivity index (χ3v) is 5.07. The van der Waals surface area contributed by atoms with Gasteiger partial charge in [-0.15, -0.1) is 0 Å². The maximum Gasteiger partial charge on any atom is 0.490 e. The van der Waals surface area contributed by atoms with E-state index in [1.54, 1.807) is 12.1 Å².